The molecule has 0 aliphatic heterocycles. The average Bonchev–Trinajstić information content (AvgIpc) is 1.97. The lowest BCUT2D eigenvalue weighted by Gasteiger charge is -2.08. The molecule has 0 aromatic carbocycles. The first kappa shape index (κ1) is 11.5. The van der Waals surface area contributed by atoms with Crippen molar-refractivity contribution in [2.24, 2.45) is 10.7 Å². The molecule has 70 valence electrons. The number of nitrogens with zero attached hydrogens (tertiary/aromatic N) is 1. The smallest absolute Gasteiger partial charge is 0.394 e. The molecule has 2 N–H and O–H groups in total. The summed E-state index contributed by atoms with van der Waals surface area (Å²) in [6.07, 6.45) is -3.40. The van der Waals surface area contributed by atoms with Gasteiger partial charge in [-0.1, -0.05) is 15.9 Å². The van der Waals surface area contributed by atoms with Crippen LogP contribution in [0.2, 0.25) is 0 Å². The molecule has 0 aromatic heterocycles. The van der Waals surface area contributed by atoms with E-state index in [4.69, 9.17) is 5.73 Å². The molecule has 0 unspecified atom stereocenters. The second-order valence-corrected chi connectivity index (χ2v) is 2.52. The van der Waals surface area contributed by atoms with Gasteiger partial charge in [0.25, 0.3) is 0 Å². The minimum Gasteiger partial charge on any atom is -0.394 e. The third-order valence-electron chi connectivity index (χ3n) is 1.08. The van der Waals surface area contributed by atoms with E-state index in [0.29, 0.717) is 0 Å². The van der Waals surface area contributed by atoms with E-state index in [-0.39, 0.29) is 10.9 Å². The van der Waals surface area contributed by atoms with Gasteiger partial charge in [-0.3, -0.25) is 4.99 Å². The fourth-order valence-corrected chi connectivity index (χ4v) is 0.961. The van der Waals surface area contributed by atoms with Crippen LogP contribution in [0, 0.1) is 0 Å². The Bertz CT molecular complexity index is 207. The summed E-state index contributed by atoms with van der Waals surface area (Å²) in [7, 11) is 1.38. The highest BCUT2D eigenvalue weighted by Gasteiger charge is 2.33. The van der Waals surface area contributed by atoms with Gasteiger partial charge in [0, 0.05) is 24.2 Å². The molecule has 0 aliphatic rings. The Morgan fingerprint density at radius 2 is 2.08 bits per heavy atom. The molecule has 2 nitrogen and oxygen atoms in total. The Hall–Kier alpha value is -0.520. The van der Waals surface area contributed by atoms with E-state index in [1.807, 2.05) is 0 Å². The van der Waals surface area contributed by atoms with Crippen molar-refractivity contribution in [1.82, 2.24) is 0 Å². The molecule has 0 saturated heterocycles. The Balaban J connectivity index is 4.85. The average molecular weight is 245 g/mol. The van der Waals surface area contributed by atoms with E-state index in [1.165, 1.54) is 7.05 Å². The molecule has 6 heteroatoms. The third kappa shape index (κ3) is 3.25. The number of alkyl halides is 4. The van der Waals surface area contributed by atoms with Crippen LogP contribution in [0.25, 0.3) is 0 Å². The number of nitrogens with two attached hydrogens (primary N) is 1. The van der Waals surface area contributed by atoms with Gasteiger partial charge in [-0.05, 0) is 0 Å². The van der Waals surface area contributed by atoms with Crippen molar-refractivity contribution >= 4 is 22.1 Å². The molecule has 0 radical (unpaired) electrons. The maximum atomic E-state index is 11.9. The summed E-state index contributed by atoms with van der Waals surface area (Å²) in [5.41, 5.74) is 3.65. The molecular formula is C6H8BrF3N2. The van der Waals surface area contributed by atoms with Gasteiger partial charge < -0.3 is 5.73 Å². The van der Waals surface area contributed by atoms with Crippen molar-refractivity contribution in [3.05, 3.63) is 11.3 Å². The Kier molecular flexibility index (Phi) is 4.30. The van der Waals surface area contributed by atoms with Crippen LogP contribution in [0.4, 0.5) is 13.2 Å². The Morgan fingerprint density at radius 3 is 2.33 bits per heavy atom. The van der Waals surface area contributed by atoms with Crippen LogP contribution in [0.5, 0.6) is 0 Å². The van der Waals surface area contributed by atoms with E-state index < -0.39 is 11.9 Å². The zero-order chi connectivity index (χ0) is 9.78. The first-order chi connectivity index (χ1) is 5.43. The first-order valence-electron chi connectivity index (χ1n) is 2.97. The highest BCUT2D eigenvalue weighted by Crippen LogP contribution is 2.24. The molecule has 0 aromatic rings. The van der Waals surface area contributed by atoms with Gasteiger partial charge in [-0.25, -0.2) is 0 Å². The fourth-order valence-electron chi connectivity index (χ4n) is 0.514. The Morgan fingerprint density at radius 1 is 1.58 bits per heavy atom. The lowest BCUT2D eigenvalue weighted by molar-refractivity contribution is -0.0930. The third-order valence-corrected chi connectivity index (χ3v) is 1.68. The quantitative estimate of drug-likeness (QED) is 0.585. The van der Waals surface area contributed by atoms with Gasteiger partial charge in [-0.15, -0.1) is 0 Å². The van der Waals surface area contributed by atoms with Crippen molar-refractivity contribution < 1.29 is 13.2 Å². The molecule has 0 heterocycles. The summed E-state index contributed by atoms with van der Waals surface area (Å²) in [5.74, 6) is 0. The normalized spacial score (nSPS) is 15.1. The molecular weight excluding hydrogens is 237 g/mol. The van der Waals surface area contributed by atoms with Crippen molar-refractivity contribution in [2.75, 3.05) is 12.4 Å². The summed E-state index contributed by atoms with van der Waals surface area (Å²) in [6.45, 7) is 0. The molecule has 0 amide bonds. The van der Waals surface area contributed by atoms with Crippen molar-refractivity contribution in [2.45, 2.75) is 6.18 Å². The van der Waals surface area contributed by atoms with E-state index >= 15 is 0 Å². The van der Waals surface area contributed by atoms with Gasteiger partial charge in [0.05, 0.1) is 0 Å². The molecule has 0 atom stereocenters. The monoisotopic (exact) mass is 244 g/mol. The number of rotatable bonds is 2. The number of hydrogen-bond donors (Lipinski definition) is 1. The lowest BCUT2D eigenvalue weighted by Crippen LogP contribution is -2.22. The zero-order valence-electron chi connectivity index (χ0n) is 6.32. The van der Waals surface area contributed by atoms with Crippen molar-refractivity contribution in [3.8, 4) is 0 Å². The number of hydrogen-bond acceptors (Lipinski definition) is 2. The summed E-state index contributed by atoms with van der Waals surface area (Å²) in [5, 5.41) is 0.0374. The van der Waals surface area contributed by atoms with Crippen LogP contribution < -0.4 is 5.73 Å². The lowest BCUT2D eigenvalue weighted by atomic mass is 10.2. The minimum absolute atomic E-state index is 0.0374. The van der Waals surface area contributed by atoms with Gasteiger partial charge >= 0.3 is 6.18 Å². The fraction of sp³-hybridized carbons (Fsp3) is 0.500. The largest absolute Gasteiger partial charge is 0.431 e. The van der Waals surface area contributed by atoms with E-state index in [0.717, 1.165) is 6.21 Å². The van der Waals surface area contributed by atoms with Crippen LogP contribution in [0.3, 0.4) is 0 Å². The van der Waals surface area contributed by atoms with Gasteiger partial charge in [-0.2, -0.15) is 13.2 Å². The van der Waals surface area contributed by atoms with E-state index in [9.17, 15) is 13.2 Å². The number of allylic oxidation sites excluding steroid dienone is 2. The standard InChI is InChI=1S/C6H8BrF3N2/c1-12-3-4(2-7)5(11)6(8,9)10/h3H,2,11H2,1H3/b5-4-,12-3?. The van der Waals surface area contributed by atoms with Crippen molar-refractivity contribution in [1.29, 1.82) is 0 Å². The highest BCUT2D eigenvalue weighted by molar-refractivity contribution is 9.09. The first-order valence-corrected chi connectivity index (χ1v) is 4.09. The van der Waals surface area contributed by atoms with Crippen LogP contribution in [-0.4, -0.2) is 24.8 Å². The maximum absolute atomic E-state index is 11.9. The summed E-state index contributed by atoms with van der Waals surface area (Å²) < 4.78 is 35.8. The Labute approximate surface area is 76.5 Å². The number of aliphatic imine (C=N–C) groups is 1. The second-order valence-electron chi connectivity index (χ2n) is 1.96. The summed E-state index contributed by atoms with van der Waals surface area (Å²) in [6, 6.07) is 0. The minimum atomic E-state index is -4.48. The van der Waals surface area contributed by atoms with Crippen LogP contribution >= 0.6 is 15.9 Å². The SMILES string of the molecule is CN=C/C(CBr)=C(\N)C(F)(F)F. The molecule has 0 rings (SSSR count). The topological polar surface area (TPSA) is 38.4 Å². The molecule has 0 fully saturated rings. The van der Waals surface area contributed by atoms with Gasteiger partial charge in [0.2, 0.25) is 0 Å². The molecule has 12 heavy (non-hydrogen) atoms. The summed E-state index contributed by atoms with van der Waals surface area (Å²) >= 11 is 2.88. The van der Waals surface area contributed by atoms with E-state index in [1.54, 1.807) is 0 Å². The molecule has 0 spiro atoms. The highest BCUT2D eigenvalue weighted by atomic mass is 79.9. The summed E-state index contributed by atoms with van der Waals surface area (Å²) in [4.78, 5) is 3.45. The van der Waals surface area contributed by atoms with Gasteiger partial charge in [0.15, 0.2) is 0 Å². The molecule has 0 bridgehead atoms. The van der Waals surface area contributed by atoms with E-state index in [2.05, 4.69) is 20.9 Å². The molecule has 0 aliphatic carbocycles. The predicted molar refractivity (Wildman–Crippen MR) is 45.5 cm³/mol. The maximum Gasteiger partial charge on any atom is 0.431 e. The van der Waals surface area contributed by atoms with Gasteiger partial charge in [0.1, 0.15) is 5.70 Å². The van der Waals surface area contributed by atoms with Crippen LogP contribution in [0.1, 0.15) is 0 Å². The second kappa shape index (κ2) is 4.49. The van der Waals surface area contributed by atoms with Crippen LogP contribution in [-0.2, 0) is 0 Å². The zero-order valence-corrected chi connectivity index (χ0v) is 7.91. The predicted octanol–water partition coefficient (Wildman–Crippen LogP) is 1.86. The van der Waals surface area contributed by atoms with Crippen LogP contribution in [0.15, 0.2) is 16.3 Å². The molecule has 0 saturated carbocycles. The number of halogens is 4. The van der Waals surface area contributed by atoms with Crippen molar-refractivity contribution in [3.63, 3.8) is 0 Å².